The highest BCUT2D eigenvalue weighted by molar-refractivity contribution is 7.17. The summed E-state index contributed by atoms with van der Waals surface area (Å²) in [6, 6.07) is 2.85. The first kappa shape index (κ1) is 17.1. The molecule has 2 N–H and O–H groups in total. The number of hydrogen-bond donors (Lipinski definition) is 1. The van der Waals surface area contributed by atoms with Crippen molar-refractivity contribution in [2.45, 2.75) is 0 Å². The van der Waals surface area contributed by atoms with Gasteiger partial charge in [-0.25, -0.2) is 0 Å². The summed E-state index contributed by atoms with van der Waals surface area (Å²) in [5.41, 5.74) is 6.66. The van der Waals surface area contributed by atoms with E-state index in [0.717, 1.165) is 11.3 Å². The summed E-state index contributed by atoms with van der Waals surface area (Å²) in [7, 11) is 1.79. The van der Waals surface area contributed by atoms with Crippen LogP contribution in [0.3, 0.4) is 0 Å². The van der Waals surface area contributed by atoms with Crippen LogP contribution in [0.15, 0.2) is 18.3 Å². The van der Waals surface area contributed by atoms with Crippen LogP contribution in [0.2, 0.25) is 0 Å². The molecule has 0 radical (unpaired) electrons. The number of carbonyl (C=O) groups excluding carboxylic acids is 1. The van der Waals surface area contributed by atoms with Crippen molar-refractivity contribution in [2.24, 2.45) is 7.05 Å². The zero-order valence-electron chi connectivity index (χ0n) is 14.4. The zero-order valence-corrected chi connectivity index (χ0v) is 15.2. The molecule has 27 heavy (non-hydrogen) atoms. The molecule has 3 aromatic rings. The largest absolute Gasteiger partial charge is 0.383 e. The zero-order chi connectivity index (χ0) is 19.1. The van der Waals surface area contributed by atoms with Gasteiger partial charge in [-0.1, -0.05) is 11.3 Å². The molecule has 1 aliphatic rings. The van der Waals surface area contributed by atoms with Crippen molar-refractivity contribution in [3.05, 3.63) is 33.3 Å². The smallest absolute Gasteiger partial charge is 0.324 e. The lowest BCUT2D eigenvalue weighted by atomic mass is 10.3. The van der Waals surface area contributed by atoms with E-state index in [1.54, 1.807) is 22.8 Å². The third-order valence-corrected chi connectivity index (χ3v) is 5.47. The molecule has 1 amide bonds. The number of amides is 1. The summed E-state index contributed by atoms with van der Waals surface area (Å²) < 4.78 is 1.64. The summed E-state index contributed by atoms with van der Waals surface area (Å²) in [6.45, 7) is 2.03. The lowest BCUT2D eigenvalue weighted by molar-refractivity contribution is -0.380. The topological polar surface area (TPSA) is 136 Å². The van der Waals surface area contributed by atoms with Crippen LogP contribution in [-0.2, 0) is 7.05 Å². The molecule has 4 heterocycles. The molecule has 0 saturated carbocycles. The number of rotatable bonds is 3. The van der Waals surface area contributed by atoms with Crippen LogP contribution in [0.25, 0.3) is 11.0 Å². The number of carbonyl (C=O) groups is 1. The fourth-order valence-corrected chi connectivity index (χ4v) is 3.77. The number of nitrogen functional groups attached to an aromatic ring is 1. The number of aromatic nitrogens is 4. The Kier molecular flexibility index (Phi) is 4.11. The molecule has 0 bridgehead atoms. The van der Waals surface area contributed by atoms with Crippen LogP contribution in [0.4, 0.5) is 16.8 Å². The summed E-state index contributed by atoms with van der Waals surface area (Å²) in [4.78, 5) is 35.7. The fraction of sp³-hybridized carbons (Fsp3) is 0.333. The number of hydrogen-bond acceptors (Lipinski definition) is 9. The molecular formula is C15H16N8O3S. The Hall–Kier alpha value is -3.28. The molecule has 4 rings (SSSR count). The molecular weight excluding hydrogens is 372 g/mol. The highest BCUT2D eigenvalue weighted by Gasteiger charge is 2.26. The quantitative estimate of drug-likeness (QED) is 0.516. The number of fused-ring (bicyclic) bond motifs is 1. The molecule has 0 aromatic carbocycles. The van der Waals surface area contributed by atoms with Gasteiger partial charge < -0.3 is 15.5 Å². The molecule has 3 aromatic heterocycles. The second-order valence-electron chi connectivity index (χ2n) is 6.09. The number of thiophene rings is 1. The van der Waals surface area contributed by atoms with Crippen molar-refractivity contribution in [3.63, 3.8) is 0 Å². The van der Waals surface area contributed by atoms with Gasteiger partial charge in [0.05, 0.1) is 21.4 Å². The van der Waals surface area contributed by atoms with Gasteiger partial charge in [-0.2, -0.15) is 15.1 Å². The van der Waals surface area contributed by atoms with Crippen LogP contribution >= 0.6 is 11.3 Å². The Bertz CT molecular complexity index is 1040. The number of anilines is 2. The van der Waals surface area contributed by atoms with Crippen molar-refractivity contribution in [1.29, 1.82) is 0 Å². The van der Waals surface area contributed by atoms with Gasteiger partial charge in [0.15, 0.2) is 5.65 Å². The van der Waals surface area contributed by atoms with Crippen LogP contribution in [-0.4, -0.2) is 61.7 Å². The normalized spacial score (nSPS) is 14.7. The van der Waals surface area contributed by atoms with Crippen molar-refractivity contribution in [2.75, 3.05) is 36.8 Å². The minimum absolute atomic E-state index is 0.0367. The Labute approximate surface area is 157 Å². The second kappa shape index (κ2) is 6.46. The maximum absolute atomic E-state index is 12.6. The first-order valence-electron chi connectivity index (χ1n) is 8.17. The van der Waals surface area contributed by atoms with E-state index in [0.29, 0.717) is 53.9 Å². The van der Waals surface area contributed by atoms with Crippen LogP contribution in [0, 0.1) is 10.1 Å². The summed E-state index contributed by atoms with van der Waals surface area (Å²) in [5, 5.41) is 15.6. The van der Waals surface area contributed by atoms with E-state index in [1.807, 2.05) is 4.90 Å². The number of aryl methyl sites for hydroxylation is 1. The average molecular weight is 388 g/mol. The molecule has 0 spiro atoms. The Balaban J connectivity index is 1.48. The Morgan fingerprint density at radius 1 is 1.26 bits per heavy atom. The molecule has 0 aliphatic carbocycles. The van der Waals surface area contributed by atoms with Crippen molar-refractivity contribution in [3.8, 4) is 0 Å². The molecule has 1 saturated heterocycles. The monoisotopic (exact) mass is 388 g/mol. The van der Waals surface area contributed by atoms with Gasteiger partial charge in [0, 0.05) is 39.3 Å². The highest BCUT2D eigenvalue weighted by atomic mass is 32.1. The van der Waals surface area contributed by atoms with Gasteiger partial charge in [-0.05, 0) is 6.07 Å². The third-order valence-electron chi connectivity index (χ3n) is 4.44. The third kappa shape index (κ3) is 3.03. The number of nitro groups is 1. The number of piperazine rings is 1. The van der Waals surface area contributed by atoms with E-state index in [1.165, 1.54) is 12.1 Å². The molecule has 0 unspecified atom stereocenters. The molecule has 1 fully saturated rings. The minimum atomic E-state index is -0.490. The minimum Gasteiger partial charge on any atom is -0.383 e. The second-order valence-corrected chi connectivity index (χ2v) is 7.15. The van der Waals surface area contributed by atoms with E-state index in [9.17, 15) is 14.9 Å². The predicted octanol–water partition coefficient (Wildman–Crippen LogP) is 0.878. The van der Waals surface area contributed by atoms with Crippen molar-refractivity contribution >= 4 is 45.0 Å². The Morgan fingerprint density at radius 2 is 2.00 bits per heavy atom. The average Bonchev–Trinajstić information content (AvgIpc) is 3.29. The van der Waals surface area contributed by atoms with Gasteiger partial charge in [-0.3, -0.25) is 19.6 Å². The van der Waals surface area contributed by atoms with Gasteiger partial charge in [0.25, 0.3) is 5.91 Å². The van der Waals surface area contributed by atoms with Gasteiger partial charge in [0.1, 0.15) is 5.82 Å². The maximum Gasteiger partial charge on any atom is 0.324 e. The number of nitrogens with zero attached hydrogens (tertiary/aromatic N) is 7. The van der Waals surface area contributed by atoms with Gasteiger partial charge in [0.2, 0.25) is 5.95 Å². The SMILES string of the molecule is Cn1ncc2c(N)nc(N3CCN(C(=O)c4ccc([N+](=O)[O-])s4)CC3)nc21. The van der Waals surface area contributed by atoms with Crippen LogP contribution < -0.4 is 10.6 Å². The summed E-state index contributed by atoms with van der Waals surface area (Å²) in [5.74, 6) is 0.672. The lowest BCUT2D eigenvalue weighted by Crippen LogP contribution is -2.49. The van der Waals surface area contributed by atoms with E-state index < -0.39 is 4.92 Å². The molecule has 12 heteroatoms. The summed E-state index contributed by atoms with van der Waals surface area (Å²) in [6.07, 6.45) is 1.63. The molecule has 0 atom stereocenters. The standard InChI is InChI=1S/C15H16N8O3S/c1-20-13-9(8-17-20)12(16)18-15(19-13)22-6-4-21(5-7-22)14(24)10-2-3-11(27-10)23(25)26/h2-3,8H,4-7H2,1H3,(H2,16,18,19). The van der Waals surface area contributed by atoms with Crippen molar-refractivity contribution < 1.29 is 9.72 Å². The van der Waals surface area contributed by atoms with E-state index in [4.69, 9.17) is 5.73 Å². The summed E-state index contributed by atoms with van der Waals surface area (Å²) >= 11 is 0.891. The Morgan fingerprint density at radius 3 is 2.67 bits per heavy atom. The predicted molar refractivity (Wildman–Crippen MR) is 99.8 cm³/mol. The van der Waals surface area contributed by atoms with E-state index in [-0.39, 0.29) is 10.9 Å². The molecule has 140 valence electrons. The van der Waals surface area contributed by atoms with Gasteiger partial charge in [-0.15, -0.1) is 0 Å². The van der Waals surface area contributed by atoms with E-state index >= 15 is 0 Å². The van der Waals surface area contributed by atoms with E-state index in [2.05, 4.69) is 15.1 Å². The fourth-order valence-electron chi connectivity index (χ4n) is 2.98. The maximum atomic E-state index is 12.6. The van der Waals surface area contributed by atoms with Gasteiger partial charge >= 0.3 is 5.00 Å². The van der Waals surface area contributed by atoms with Crippen LogP contribution in [0.1, 0.15) is 9.67 Å². The first-order chi connectivity index (χ1) is 12.9. The lowest BCUT2D eigenvalue weighted by Gasteiger charge is -2.34. The molecule has 1 aliphatic heterocycles. The van der Waals surface area contributed by atoms with Crippen molar-refractivity contribution in [1.82, 2.24) is 24.6 Å². The molecule has 11 nitrogen and oxygen atoms in total. The first-order valence-corrected chi connectivity index (χ1v) is 8.99. The van der Waals surface area contributed by atoms with Crippen LogP contribution in [0.5, 0.6) is 0 Å². The number of nitrogens with two attached hydrogens (primary N) is 1. The highest BCUT2D eigenvalue weighted by Crippen LogP contribution is 2.26.